The Kier molecular flexibility index (Phi) is 9.60. The Morgan fingerprint density at radius 3 is 0.828 bits per heavy atom. The van der Waals surface area contributed by atoms with Gasteiger partial charge in [-0.05, 0) is 81.0 Å². The summed E-state index contributed by atoms with van der Waals surface area (Å²) in [5, 5.41) is 4.81. The summed E-state index contributed by atoms with van der Waals surface area (Å²) >= 11 is 0. The molecule has 0 bridgehead atoms. The third kappa shape index (κ3) is 6.41. The summed E-state index contributed by atoms with van der Waals surface area (Å²) in [6.07, 6.45) is 0. The lowest BCUT2D eigenvalue weighted by atomic mass is 9.92. The highest BCUT2D eigenvalue weighted by atomic mass is 14.9. The van der Waals surface area contributed by atoms with Crippen molar-refractivity contribution in [3.63, 3.8) is 0 Å². The number of benzene rings is 7. The third-order valence-electron chi connectivity index (χ3n) is 11.7. The highest BCUT2D eigenvalue weighted by molar-refractivity contribution is 6.62. The molecule has 0 aliphatic heterocycles. The molecule has 4 nitrogen and oxygen atoms in total. The van der Waals surface area contributed by atoms with Crippen LogP contribution in [0.4, 0.5) is 22.7 Å². The summed E-state index contributed by atoms with van der Waals surface area (Å²) in [5.41, 5.74) is 17.0. The number of hydrogen-bond acceptors (Lipinski definition) is 4. The summed E-state index contributed by atoms with van der Waals surface area (Å²) in [7, 11) is 0. The summed E-state index contributed by atoms with van der Waals surface area (Å²) in [4.78, 5) is 21.9. The molecule has 0 N–H and O–H groups in total. The first-order chi connectivity index (χ1) is 28.1. The molecule has 7 aromatic rings. The molecule has 4 heteroatoms. The van der Waals surface area contributed by atoms with Crippen molar-refractivity contribution in [2.75, 3.05) is 0 Å². The molecule has 0 saturated carbocycles. The third-order valence-corrected chi connectivity index (χ3v) is 11.7. The van der Waals surface area contributed by atoms with Gasteiger partial charge in [0, 0.05) is 33.0 Å². The Bertz CT molecular complexity index is 2620. The monoisotopic (exact) mass is 754 g/mol. The molecule has 7 aromatic carbocycles. The molecule has 0 amide bonds. The molecule has 58 heavy (non-hydrogen) atoms. The van der Waals surface area contributed by atoms with Gasteiger partial charge in [-0.3, -0.25) is 0 Å². The van der Waals surface area contributed by atoms with Crippen molar-refractivity contribution < 1.29 is 0 Å². The van der Waals surface area contributed by atoms with Gasteiger partial charge in [0.25, 0.3) is 0 Å². The summed E-state index contributed by atoms with van der Waals surface area (Å²) < 4.78 is 0. The highest BCUT2D eigenvalue weighted by Gasteiger charge is 2.30. The zero-order valence-corrected chi connectivity index (χ0v) is 34.8. The molecule has 2 aliphatic rings. The SMILES string of the molecule is CC(C)c1cccc(C(C)C)c1N=C1C(=Nc2ccc(N=C3C(=Nc4c(C(C)C)cccc4C(C)C)c4cccc5cccc3c45)cc2)c2cccc3cccc1c23. The molecule has 0 aromatic heterocycles. The van der Waals surface area contributed by atoms with E-state index in [2.05, 4.69) is 189 Å². The number of aliphatic imine (C=N–C) groups is 4. The van der Waals surface area contributed by atoms with E-state index in [-0.39, 0.29) is 0 Å². The predicted octanol–water partition coefficient (Wildman–Crippen LogP) is 15.0. The summed E-state index contributed by atoms with van der Waals surface area (Å²) in [6.45, 7) is 18.0. The van der Waals surface area contributed by atoms with Crippen LogP contribution in [0.3, 0.4) is 0 Å². The molecule has 286 valence electrons. The quantitative estimate of drug-likeness (QED) is 0.148. The maximum Gasteiger partial charge on any atom is 0.0979 e. The molecule has 9 rings (SSSR count). The van der Waals surface area contributed by atoms with Gasteiger partial charge >= 0.3 is 0 Å². The molecule has 0 atom stereocenters. The van der Waals surface area contributed by atoms with E-state index in [9.17, 15) is 0 Å². The van der Waals surface area contributed by atoms with Crippen LogP contribution in [0, 0.1) is 0 Å². The number of para-hydroxylation sites is 2. The summed E-state index contributed by atoms with van der Waals surface area (Å²) in [6, 6.07) is 47.6. The first-order valence-corrected chi connectivity index (χ1v) is 20.8. The van der Waals surface area contributed by atoms with E-state index in [1.54, 1.807) is 0 Å². The molecule has 0 unspecified atom stereocenters. The Hall–Kier alpha value is -6.26. The van der Waals surface area contributed by atoms with Gasteiger partial charge < -0.3 is 0 Å². The van der Waals surface area contributed by atoms with Gasteiger partial charge in [-0.15, -0.1) is 0 Å². The second kappa shape index (κ2) is 14.9. The van der Waals surface area contributed by atoms with Crippen LogP contribution in [0.1, 0.15) is 124 Å². The number of hydrogen-bond donors (Lipinski definition) is 0. The van der Waals surface area contributed by atoms with Gasteiger partial charge in [-0.2, -0.15) is 0 Å². The molecular formula is C54H50N4. The van der Waals surface area contributed by atoms with Crippen molar-refractivity contribution in [3.8, 4) is 0 Å². The normalized spacial score (nSPS) is 16.3. The van der Waals surface area contributed by atoms with E-state index in [0.717, 1.165) is 67.9 Å². The fraction of sp³-hybridized carbons (Fsp3) is 0.222. The number of rotatable bonds is 8. The first-order valence-electron chi connectivity index (χ1n) is 20.8. The van der Waals surface area contributed by atoms with Crippen molar-refractivity contribution in [2.24, 2.45) is 20.0 Å². The average Bonchev–Trinajstić information content (AvgIpc) is 3.68. The lowest BCUT2D eigenvalue weighted by molar-refractivity contribution is 0.834. The van der Waals surface area contributed by atoms with Gasteiger partial charge in [0.1, 0.15) is 0 Å². The fourth-order valence-electron chi connectivity index (χ4n) is 8.80. The Labute approximate surface area is 342 Å². The van der Waals surface area contributed by atoms with Crippen molar-refractivity contribution in [2.45, 2.75) is 79.1 Å². The fourth-order valence-corrected chi connectivity index (χ4v) is 8.80. The van der Waals surface area contributed by atoms with Gasteiger partial charge in [-0.25, -0.2) is 20.0 Å². The highest BCUT2D eigenvalue weighted by Crippen LogP contribution is 2.41. The second-order valence-electron chi connectivity index (χ2n) is 17.0. The lowest BCUT2D eigenvalue weighted by Crippen LogP contribution is -2.11. The van der Waals surface area contributed by atoms with E-state index in [4.69, 9.17) is 20.0 Å². The van der Waals surface area contributed by atoms with Crippen LogP contribution in [0.2, 0.25) is 0 Å². The van der Waals surface area contributed by atoms with E-state index in [1.807, 2.05) is 0 Å². The van der Waals surface area contributed by atoms with Gasteiger partial charge in [0.2, 0.25) is 0 Å². The average molecular weight is 755 g/mol. The summed E-state index contributed by atoms with van der Waals surface area (Å²) in [5.74, 6) is 1.33. The predicted molar refractivity (Wildman–Crippen MR) is 248 cm³/mol. The standard InChI is InChI=1S/C54H50N4/c1-31(2)39-19-13-20-40(32(3)4)49(39)57-53-45-25-11-17-35-15-9-23-43(47(35)45)51(53)55-37-27-29-38(30-28-37)56-52-44-24-10-16-36-18-12-26-46(48(36)44)54(52)58-50-41(33(5)6)21-14-22-42(50)34(7)8/h9-34H,1-8H3. The van der Waals surface area contributed by atoms with E-state index >= 15 is 0 Å². The zero-order valence-electron chi connectivity index (χ0n) is 34.8. The van der Waals surface area contributed by atoms with Gasteiger partial charge in [0.15, 0.2) is 0 Å². The van der Waals surface area contributed by atoms with Crippen LogP contribution in [0.5, 0.6) is 0 Å². The molecule has 0 heterocycles. The molecule has 0 radical (unpaired) electrons. The maximum atomic E-state index is 5.57. The Morgan fingerprint density at radius 2 is 0.552 bits per heavy atom. The number of nitrogens with zero attached hydrogens (tertiary/aromatic N) is 4. The van der Waals surface area contributed by atoms with Crippen molar-refractivity contribution in [1.82, 2.24) is 0 Å². The van der Waals surface area contributed by atoms with Crippen molar-refractivity contribution in [1.29, 1.82) is 0 Å². The Morgan fingerprint density at radius 1 is 0.293 bits per heavy atom. The molecule has 2 aliphatic carbocycles. The maximum absolute atomic E-state index is 5.57. The van der Waals surface area contributed by atoms with Gasteiger partial charge in [-0.1, -0.05) is 165 Å². The smallest absolute Gasteiger partial charge is 0.0979 e. The van der Waals surface area contributed by atoms with Crippen molar-refractivity contribution >= 4 is 67.1 Å². The van der Waals surface area contributed by atoms with Crippen LogP contribution in [0.15, 0.2) is 153 Å². The van der Waals surface area contributed by atoms with E-state index in [0.29, 0.717) is 23.7 Å². The van der Waals surface area contributed by atoms with Crippen LogP contribution in [0.25, 0.3) is 21.5 Å². The van der Waals surface area contributed by atoms with E-state index < -0.39 is 0 Å². The van der Waals surface area contributed by atoms with Crippen LogP contribution in [-0.2, 0) is 0 Å². The minimum absolute atomic E-state index is 0.333. The molecule has 0 fully saturated rings. The molecular weight excluding hydrogens is 705 g/mol. The first kappa shape index (κ1) is 37.3. The molecule has 0 saturated heterocycles. The Balaban J connectivity index is 1.18. The minimum atomic E-state index is 0.333. The van der Waals surface area contributed by atoms with Crippen molar-refractivity contribution in [3.05, 3.63) is 178 Å². The zero-order chi connectivity index (χ0) is 40.2. The van der Waals surface area contributed by atoms with Crippen LogP contribution in [-0.4, -0.2) is 22.8 Å². The molecule has 0 spiro atoms. The van der Waals surface area contributed by atoms with Crippen LogP contribution < -0.4 is 0 Å². The minimum Gasteiger partial charge on any atom is -0.246 e. The lowest BCUT2D eigenvalue weighted by Gasteiger charge is -2.17. The second-order valence-corrected chi connectivity index (χ2v) is 17.0. The largest absolute Gasteiger partial charge is 0.246 e. The topological polar surface area (TPSA) is 49.4 Å². The van der Waals surface area contributed by atoms with Crippen LogP contribution >= 0.6 is 0 Å². The van der Waals surface area contributed by atoms with Gasteiger partial charge in [0.05, 0.1) is 45.6 Å². The van der Waals surface area contributed by atoms with E-state index in [1.165, 1.54) is 43.8 Å².